The number of aromatic nitrogens is 3. The van der Waals surface area contributed by atoms with Crippen LogP contribution in [0.2, 0.25) is 0 Å². The van der Waals surface area contributed by atoms with Crippen molar-refractivity contribution in [3.63, 3.8) is 0 Å². The Morgan fingerprint density at radius 3 is 0.722 bits per heavy atom. The molecule has 3 saturated heterocycles. The fourth-order valence-corrected chi connectivity index (χ4v) is 5.50. The van der Waals surface area contributed by atoms with Gasteiger partial charge in [-0.3, -0.25) is 14.7 Å². The van der Waals surface area contributed by atoms with Gasteiger partial charge in [0.1, 0.15) is 0 Å². The lowest BCUT2D eigenvalue weighted by Crippen LogP contribution is -2.55. The van der Waals surface area contributed by atoms with Gasteiger partial charge in [-0.05, 0) is 62.3 Å². The molecule has 4 heterocycles. The summed E-state index contributed by atoms with van der Waals surface area (Å²) in [6.07, 6.45) is 0. The molecule has 0 N–H and O–H groups in total. The second-order valence-electron chi connectivity index (χ2n) is 13.7. The smallest absolute Gasteiger partial charge is 0.232 e. The fourth-order valence-electron chi connectivity index (χ4n) is 5.50. The zero-order valence-corrected chi connectivity index (χ0v) is 24.5. The van der Waals surface area contributed by atoms with Gasteiger partial charge in [0.05, 0.1) is 0 Å². The molecule has 0 bridgehead atoms. The first-order chi connectivity index (χ1) is 16.7. The van der Waals surface area contributed by atoms with E-state index in [2.05, 4.69) is 91.7 Å². The highest BCUT2D eigenvalue weighted by atomic mass is 15.4. The highest BCUT2D eigenvalue weighted by Gasteiger charge is 2.32. The van der Waals surface area contributed by atoms with E-state index in [4.69, 9.17) is 15.0 Å². The third-order valence-electron chi connectivity index (χ3n) is 8.13. The van der Waals surface area contributed by atoms with E-state index in [9.17, 15) is 0 Å². The predicted molar refractivity (Wildman–Crippen MR) is 150 cm³/mol. The molecule has 0 aromatic carbocycles. The van der Waals surface area contributed by atoms with E-state index >= 15 is 0 Å². The van der Waals surface area contributed by atoms with Crippen molar-refractivity contribution in [3.8, 4) is 0 Å². The van der Waals surface area contributed by atoms with Crippen molar-refractivity contribution in [2.24, 2.45) is 0 Å². The Hall–Kier alpha value is -1.71. The van der Waals surface area contributed by atoms with Crippen LogP contribution in [0.4, 0.5) is 17.8 Å². The third kappa shape index (κ3) is 6.40. The summed E-state index contributed by atoms with van der Waals surface area (Å²) in [6.45, 7) is 32.7. The average Bonchev–Trinajstić information content (AvgIpc) is 2.82. The Labute approximate surface area is 219 Å². The Morgan fingerprint density at radius 2 is 0.556 bits per heavy atom. The van der Waals surface area contributed by atoms with Gasteiger partial charge in [-0.25, -0.2) is 0 Å². The van der Waals surface area contributed by atoms with Crippen molar-refractivity contribution >= 4 is 17.8 Å². The van der Waals surface area contributed by atoms with Gasteiger partial charge in [0.2, 0.25) is 17.8 Å². The molecule has 9 heteroatoms. The van der Waals surface area contributed by atoms with Crippen molar-refractivity contribution < 1.29 is 0 Å². The summed E-state index contributed by atoms with van der Waals surface area (Å²) in [7, 11) is 0. The lowest BCUT2D eigenvalue weighted by molar-refractivity contribution is 0.127. The Bertz CT molecular complexity index is 732. The first-order valence-electron chi connectivity index (χ1n) is 14.0. The van der Waals surface area contributed by atoms with Gasteiger partial charge in [-0.1, -0.05) is 0 Å². The molecule has 204 valence electrons. The SMILES string of the molecule is CC(C)(C)N1CCN(c2nc(N3CCN(C(C)(C)C)CC3)nc(N3CCN(C(C)(C)C)CC3)n2)CC1. The van der Waals surface area contributed by atoms with E-state index in [0.717, 1.165) is 96.4 Å². The van der Waals surface area contributed by atoms with E-state index in [1.54, 1.807) is 0 Å². The Balaban J connectivity index is 1.54. The van der Waals surface area contributed by atoms with Gasteiger partial charge in [0.15, 0.2) is 0 Å². The van der Waals surface area contributed by atoms with Crippen LogP contribution in [0, 0.1) is 0 Å². The molecule has 0 unspecified atom stereocenters. The summed E-state index contributed by atoms with van der Waals surface area (Å²) in [4.78, 5) is 30.0. The first kappa shape index (κ1) is 27.3. The maximum absolute atomic E-state index is 5.06. The zero-order valence-electron chi connectivity index (χ0n) is 24.5. The zero-order chi connectivity index (χ0) is 26.3. The number of anilines is 3. The topological polar surface area (TPSA) is 58.1 Å². The Morgan fingerprint density at radius 1 is 0.361 bits per heavy atom. The summed E-state index contributed by atoms with van der Waals surface area (Å²) < 4.78 is 0. The van der Waals surface area contributed by atoms with Crippen LogP contribution in [-0.2, 0) is 0 Å². The van der Waals surface area contributed by atoms with E-state index in [1.807, 2.05) is 0 Å². The number of hydrogen-bond acceptors (Lipinski definition) is 9. The van der Waals surface area contributed by atoms with Crippen molar-refractivity contribution in [1.82, 2.24) is 29.7 Å². The van der Waals surface area contributed by atoms with Gasteiger partial charge in [-0.15, -0.1) is 0 Å². The molecule has 0 amide bonds. The number of rotatable bonds is 3. The van der Waals surface area contributed by atoms with E-state index in [-0.39, 0.29) is 16.6 Å². The largest absolute Gasteiger partial charge is 0.338 e. The molecule has 3 aliphatic heterocycles. The van der Waals surface area contributed by atoms with Crippen LogP contribution in [0.25, 0.3) is 0 Å². The summed E-state index contributed by atoms with van der Waals surface area (Å²) in [5.74, 6) is 2.54. The molecule has 4 rings (SSSR count). The van der Waals surface area contributed by atoms with Gasteiger partial charge in [0.25, 0.3) is 0 Å². The fraction of sp³-hybridized carbons (Fsp3) is 0.889. The van der Waals surface area contributed by atoms with Crippen LogP contribution in [-0.4, -0.2) is 125 Å². The lowest BCUT2D eigenvalue weighted by Gasteiger charge is -2.44. The van der Waals surface area contributed by atoms with Crippen LogP contribution in [0.15, 0.2) is 0 Å². The van der Waals surface area contributed by atoms with Crippen LogP contribution < -0.4 is 14.7 Å². The van der Waals surface area contributed by atoms with Crippen LogP contribution in [0.1, 0.15) is 62.3 Å². The summed E-state index contributed by atoms with van der Waals surface area (Å²) >= 11 is 0. The molecule has 36 heavy (non-hydrogen) atoms. The normalized spacial score (nSPS) is 22.4. The molecule has 0 aliphatic carbocycles. The van der Waals surface area contributed by atoms with Gasteiger partial charge in [0, 0.05) is 95.2 Å². The minimum absolute atomic E-state index is 0.195. The van der Waals surface area contributed by atoms with Crippen LogP contribution >= 0.6 is 0 Å². The second-order valence-corrected chi connectivity index (χ2v) is 13.7. The molecule has 0 spiro atoms. The molecule has 0 radical (unpaired) electrons. The summed E-state index contributed by atoms with van der Waals surface area (Å²) in [5.41, 5.74) is 0.586. The third-order valence-corrected chi connectivity index (χ3v) is 8.13. The molecule has 3 aliphatic rings. The molecule has 3 fully saturated rings. The standard InChI is InChI=1S/C27H51N9/c1-25(2,3)34-16-10-31(11-17-34)22-28-23(32-12-18-35(19-13-32)26(4,5)6)30-24(29-22)33-14-20-36(21-15-33)27(7,8)9/h10-21H2,1-9H3. The monoisotopic (exact) mass is 501 g/mol. The molecular weight excluding hydrogens is 450 g/mol. The minimum Gasteiger partial charge on any atom is -0.338 e. The average molecular weight is 502 g/mol. The van der Waals surface area contributed by atoms with Crippen molar-refractivity contribution in [3.05, 3.63) is 0 Å². The molecule has 0 saturated carbocycles. The molecule has 1 aromatic rings. The molecule has 9 nitrogen and oxygen atoms in total. The Kier molecular flexibility index (Phi) is 7.75. The second kappa shape index (κ2) is 10.2. The summed E-state index contributed by atoms with van der Waals surface area (Å²) in [5, 5.41) is 0. The van der Waals surface area contributed by atoms with Gasteiger partial charge >= 0.3 is 0 Å². The van der Waals surface area contributed by atoms with Crippen molar-refractivity contribution in [2.75, 3.05) is 93.2 Å². The van der Waals surface area contributed by atoms with E-state index in [1.165, 1.54) is 0 Å². The first-order valence-corrected chi connectivity index (χ1v) is 14.0. The van der Waals surface area contributed by atoms with Gasteiger partial charge < -0.3 is 14.7 Å². The van der Waals surface area contributed by atoms with Gasteiger partial charge in [-0.2, -0.15) is 15.0 Å². The summed E-state index contributed by atoms with van der Waals surface area (Å²) in [6, 6.07) is 0. The quantitative estimate of drug-likeness (QED) is 0.622. The van der Waals surface area contributed by atoms with E-state index in [0.29, 0.717) is 0 Å². The van der Waals surface area contributed by atoms with Crippen LogP contribution in [0.5, 0.6) is 0 Å². The lowest BCUT2D eigenvalue weighted by atomic mass is 10.1. The van der Waals surface area contributed by atoms with Crippen molar-refractivity contribution in [1.29, 1.82) is 0 Å². The maximum Gasteiger partial charge on any atom is 0.232 e. The van der Waals surface area contributed by atoms with Crippen LogP contribution in [0.3, 0.4) is 0 Å². The number of piperazine rings is 3. The molecule has 1 aromatic heterocycles. The molecular formula is C27H51N9. The predicted octanol–water partition coefficient (Wildman–Crippen LogP) is 2.63. The van der Waals surface area contributed by atoms with E-state index < -0.39 is 0 Å². The number of nitrogens with zero attached hydrogens (tertiary/aromatic N) is 9. The molecule has 0 atom stereocenters. The minimum atomic E-state index is 0.195. The highest BCUT2D eigenvalue weighted by molar-refractivity contribution is 5.47. The van der Waals surface area contributed by atoms with Crippen molar-refractivity contribution in [2.45, 2.75) is 78.9 Å². The number of hydrogen-bond donors (Lipinski definition) is 0. The maximum atomic E-state index is 5.06. The highest BCUT2D eigenvalue weighted by Crippen LogP contribution is 2.26.